The summed E-state index contributed by atoms with van der Waals surface area (Å²) < 4.78 is 0. The molecular weight excluding hydrogens is 312 g/mol. The van der Waals surface area contributed by atoms with Gasteiger partial charge in [0.15, 0.2) is 0 Å². The van der Waals surface area contributed by atoms with Crippen LogP contribution in [0.4, 0.5) is 4.79 Å². The van der Waals surface area contributed by atoms with Gasteiger partial charge in [0.2, 0.25) is 0 Å². The third-order valence-electron chi connectivity index (χ3n) is 4.36. The van der Waals surface area contributed by atoms with Crippen LogP contribution in [0.5, 0.6) is 0 Å². The molecule has 0 aliphatic carbocycles. The van der Waals surface area contributed by atoms with Crippen molar-refractivity contribution in [1.82, 2.24) is 20.2 Å². The molecule has 2 saturated heterocycles. The van der Waals surface area contributed by atoms with E-state index in [1.54, 1.807) is 16.4 Å². The van der Waals surface area contributed by atoms with Gasteiger partial charge in [0, 0.05) is 6.54 Å². The normalized spacial score (nSPS) is 23.6. The molecule has 2 amide bonds. The molecule has 2 aliphatic heterocycles. The monoisotopic (exact) mass is 330 g/mol. The average molecular weight is 330 g/mol. The summed E-state index contributed by atoms with van der Waals surface area (Å²) >= 11 is 1.57. The Morgan fingerprint density at radius 2 is 2.09 bits per heavy atom. The molecule has 4 rings (SSSR count). The maximum Gasteiger partial charge on any atom is 0.344 e. The lowest BCUT2D eigenvalue weighted by Crippen LogP contribution is -2.33. The molecule has 0 saturated carbocycles. The summed E-state index contributed by atoms with van der Waals surface area (Å²) in [6.45, 7) is 3.06. The van der Waals surface area contributed by atoms with Gasteiger partial charge in [-0.25, -0.2) is 4.79 Å². The maximum absolute atomic E-state index is 12.7. The number of rotatable bonds is 4. The third-order valence-corrected chi connectivity index (χ3v) is 5.30. The van der Waals surface area contributed by atoms with Crippen molar-refractivity contribution < 1.29 is 9.63 Å². The Hall–Kier alpha value is -1.99. The van der Waals surface area contributed by atoms with Gasteiger partial charge in [-0.2, -0.15) is 5.06 Å². The summed E-state index contributed by atoms with van der Waals surface area (Å²) in [7, 11) is 0. The number of hydroxylamine groups is 2. The molecule has 2 bridgehead atoms. The van der Waals surface area contributed by atoms with Gasteiger partial charge in [0.1, 0.15) is 16.6 Å². The number of urea groups is 1. The quantitative estimate of drug-likeness (QED) is 0.865. The number of aryl methyl sites for hydroxylation is 1. The van der Waals surface area contributed by atoms with Gasteiger partial charge in [-0.15, -0.1) is 10.2 Å². The number of hydrogen-bond donors (Lipinski definition) is 0. The molecule has 0 spiro atoms. The van der Waals surface area contributed by atoms with Gasteiger partial charge in [-0.1, -0.05) is 41.7 Å². The lowest BCUT2D eigenvalue weighted by molar-refractivity contribution is -0.140. The van der Waals surface area contributed by atoms with Crippen molar-refractivity contribution in [3.63, 3.8) is 0 Å². The number of carbonyl (C=O) groups excluding carboxylic acids is 1. The van der Waals surface area contributed by atoms with E-state index in [4.69, 9.17) is 4.84 Å². The molecule has 6 nitrogen and oxygen atoms in total. The Kier molecular flexibility index (Phi) is 3.74. The molecule has 2 aliphatic rings. The molecule has 3 heterocycles. The van der Waals surface area contributed by atoms with E-state index in [-0.39, 0.29) is 18.1 Å². The summed E-state index contributed by atoms with van der Waals surface area (Å²) in [5.41, 5.74) is 1.06. The predicted molar refractivity (Wildman–Crippen MR) is 85.6 cm³/mol. The molecule has 23 heavy (non-hydrogen) atoms. The van der Waals surface area contributed by atoms with Crippen LogP contribution in [0.15, 0.2) is 30.3 Å². The van der Waals surface area contributed by atoms with Crippen molar-refractivity contribution >= 4 is 17.4 Å². The van der Waals surface area contributed by atoms with Gasteiger partial charge in [-0.3, -0.25) is 4.84 Å². The largest absolute Gasteiger partial charge is 0.344 e. The SMILES string of the molecule is Cc1nnc([C@H]2CC[C@@H]3CN2C(=O)N3OCc2ccccc2)s1. The minimum atomic E-state index is -0.0544. The summed E-state index contributed by atoms with van der Waals surface area (Å²) in [5, 5.41) is 11.7. The standard InChI is InChI=1S/C16H18N4O2S/c1-11-17-18-15(23-11)14-8-7-13-9-19(14)16(21)20(13)22-10-12-5-3-2-4-6-12/h2-6,13-14H,7-10H2,1H3/t13-,14-/m1/s1. The van der Waals surface area contributed by atoms with Crippen LogP contribution in [0.25, 0.3) is 0 Å². The number of fused-ring (bicyclic) bond motifs is 2. The molecule has 7 heteroatoms. The first-order chi connectivity index (χ1) is 11.2. The van der Waals surface area contributed by atoms with Crippen molar-refractivity contribution in [3.05, 3.63) is 45.9 Å². The van der Waals surface area contributed by atoms with Gasteiger partial charge >= 0.3 is 6.03 Å². The summed E-state index contributed by atoms with van der Waals surface area (Å²) in [4.78, 5) is 20.4. The molecule has 0 radical (unpaired) electrons. The van der Waals surface area contributed by atoms with Gasteiger partial charge < -0.3 is 4.90 Å². The van der Waals surface area contributed by atoms with Crippen LogP contribution in [0.1, 0.15) is 34.5 Å². The Morgan fingerprint density at radius 1 is 1.26 bits per heavy atom. The lowest BCUT2D eigenvalue weighted by atomic mass is 10.0. The van der Waals surface area contributed by atoms with Crippen molar-refractivity contribution in [3.8, 4) is 0 Å². The second kappa shape index (κ2) is 5.90. The third kappa shape index (κ3) is 2.70. The highest BCUT2D eigenvalue weighted by atomic mass is 32.1. The molecule has 120 valence electrons. The van der Waals surface area contributed by atoms with E-state index >= 15 is 0 Å². The number of carbonyl (C=O) groups is 1. The number of nitrogens with zero attached hydrogens (tertiary/aromatic N) is 4. The number of amides is 2. The zero-order valence-corrected chi connectivity index (χ0v) is 13.7. The van der Waals surface area contributed by atoms with Crippen LogP contribution in [0, 0.1) is 6.92 Å². The molecule has 2 aromatic rings. The highest BCUT2D eigenvalue weighted by Gasteiger charge is 2.47. The molecule has 2 fully saturated rings. The Morgan fingerprint density at radius 3 is 2.83 bits per heavy atom. The van der Waals surface area contributed by atoms with E-state index in [2.05, 4.69) is 10.2 Å². The van der Waals surface area contributed by atoms with E-state index in [1.165, 1.54) is 0 Å². The fourth-order valence-electron chi connectivity index (χ4n) is 3.22. The highest BCUT2D eigenvalue weighted by Crippen LogP contribution is 2.39. The van der Waals surface area contributed by atoms with Crippen LogP contribution in [0.2, 0.25) is 0 Å². The number of aromatic nitrogens is 2. The fraction of sp³-hybridized carbons (Fsp3) is 0.438. The second-order valence-electron chi connectivity index (χ2n) is 5.93. The van der Waals surface area contributed by atoms with Gasteiger partial charge in [-0.05, 0) is 25.3 Å². The molecule has 0 N–H and O–H groups in total. The minimum absolute atomic E-state index is 0.0373. The topological polar surface area (TPSA) is 58.6 Å². The van der Waals surface area contributed by atoms with E-state index in [0.29, 0.717) is 13.2 Å². The van der Waals surface area contributed by atoms with Crippen molar-refractivity contribution in [2.45, 2.75) is 38.5 Å². The predicted octanol–water partition coefficient (Wildman–Crippen LogP) is 2.92. The Bertz CT molecular complexity index is 705. The first-order valence-corrected chi connectivity index (χ1v) is 8.60. The summed E-state index contributed by atoms with van der Waals surface area (Å²) in [6, 6.07) is 10.0. The smallest absolute Gasteiger partial charge is 0.311 e. The second-order valence-corrected chi connectivity index (χ2v) is 7.14. The molecule has 2 atom stereocenters. The summed E-state index contributed by atoms with van der Waals surface area (Å²) in [6.07, 6.45) is 1.84. The minimum Gasteiger partial charge on any atom is -0.311 e. The number of hydrogen-bond acceptors (Lipinski definition) is 5. The Balaban J connectivity index is 1.47. The number of benzene rings is 1. The first kappa shape index (κ1) is 14.6. The van der Waals surface area contributed by atoms with Crippen LogP contribution in [-0.4, -0.2) is 38.8 Å². The van der Waals surface area contributed by atoms with E-state index in [0.717, 1.165) is 28.4 Å². The summed E-state index contributed by atoms with van der Waals surface area (Å²) in [5.74, 6) is 0. The van der Waals surface area contributed by atoms with Crippen LogP contribution < -0.4 is 0 Å². The van der Waals surface area contributed by atoms with E-state index in [1.807, 2.05) is 42.2 Å². The zero-order chi connectivity index (χ0) is 15.8. The highest BCUT2D eigenvalue weighted by molar-refractivity contribution is 7.11. The zero-order valence-electron chi connectivity index (χ0n) is 12.9. The average Bonchev–Trinajstić information content (AvgIpc) is 3.11. The van der Waals surface area contributed by atoms with E-state index in [9.17, 15) is 4.79 Å². The van der Waals surface area contributed by atoms with Crippen molar-refractivity contribution in [2.75, 3.05) is 6.54 Å². The first-order valence-electron chi connectivity index (χ1n) is 7.79. The van der Waals surface area contributed by atoms with Crippen LogP contribution in [-0.2, 0) is 11.4 Å². The van der Waals surface area contributed by atoms with E-state index < -0.39 is 0 Å². The maximum atomic E-state index is 12.7. The van der Waals surface area contributed by atoms with Gasteiger partial charge in [0.25, 0.3) is 0 Å². The van der Waals surface area contributed by atoms with Crippen molar-refractivity contribution in [1.29, 1.82) is 0 Å². The fourth-order valence-corrected chi connectivity index (χ4v) is 4.07. The lowest BCUT2D eigenvalue weighted by Gasteiger charge is -2.28. The molecule has 1 aromatic heterocycles. The van der Waals surface area contributed by atoms with Crippen LogP contribution >= 0.6 is 11.3 Å². The molecular formula is C16H18N4O2S. The Labute approximate surface area is 138 Å². The number of piperidine rings is 1. The van der Waals surface area contributed by atoms with Crippen LogP contribution in [0.3, 0.4) is 0 Å². The molecule has 0 unspecified atom stereocenters. The van der Waals surface area contributed by atoms with Crippen molar-refractivity contribution in [2.24, 2.45) is 0 Å². The molecule has 1 aromatic carbocycles. The van der Waals surface area contributed by atoms with Gasteiger partial charge in [0.05, 0.1) is 12.1 Å².